The molecule has 0 N–H and O–H groups in total. The third-order valence-corrected chi connectivity index (χ3v) is 12.5. The normalized spacial score (nSPS) is 15.7. The van der Waals surface area contributed by atoms with Crippen LogP contribution in [0.2, 0.25) is 0 Å². The van der Waals surface area contributed by atoms with Crippen LogP contribution >= 0.6 is 0 Å². The van der Waals surface area contributed by atoms with E-state index < -0.39 is 0 Å². The smallest absolute Gasteiger partial charge is 0.0703 e. The van der Waals surface area contributed by atoms with Gasteiger partial charge in [-0.3, -0.25) is 0 Å². The number of para-hydroxylation sites is 6. The van der Waals surface area contributed by atoms with Gasteiger partial charge in [0.15, 0.2) is 0 Å². The minimum absolute atomic E-state index is 0.0913. The van der Waals surface area contributed by atoms with Crippen molar-refractivity contribution in [3.63, 3.8) is 0 Å². The number of fused-ring (bicyclic) bond motifs is 7. The van der Waals surface area contributed by atoms with E-state index in [0.717, 1.165) is 5.69 Å². The fourth-order valence-corrected chi connectivity index (χ4v) is 9.55. The van der Waals surface area contributed by atoms with E-state index in [-0.39, 0.29) is 16.2 Å². The molecule has 0 radical (unpaired) electrons. The van der Waals surface area contributed by atoms with Crippen molar-refractivity contribution in [2.24, 2.45) is 0 Å². The van der Waals surface area contributed by atoms with Crippen molar-refractivity contribution < 1.29 is 0 Å². The van der Waals surface area contributed by atoms with Gasteiger partial charge in [0.25, 0.3) is 0 Å². The van der Waals surface area contributed by atoms with Gasteiger partial charge in [0, 0.05) is 27.9 Å². The lowest BCUT2D eigenvalue weighted by atomic mass is 9.73. The zero-order valence-electron chi connectivity index (χ0n) is 32.9. The Morgan fingerprint density at radius 2 is 0.673 bits per heavy atom. The first-order valence-electron chi connectivity index (χ1n) is 19.6. The van der Waals surface area contributed by atoms with Crippen LogP contribution in [0.4, 0.5) is 51.2 Å². The molecular weight excluding hydrogens is 667 g/mol. The summed E-state index contributed by atoms with van der Waals surface area (Å²) < 4.78 is 0. The van der Waals surface area contributed by atoms with E-state index in [4.69, 9.17) is 0 Å². The van der Waals surface area contributed by atoms with Gasteiger partial charge in [-0.05, 0) is 117 Å². The third-order valence-electron chi connectivity index (χ3n) is 12.5. The Balaban J connectivity index is 1.07. The van der Waals surface area contributed by atoms with Gasteiger partial charge in [-0.2, -0.15) is 0 Å². The van der Waals surface area contributed by atoms with E-state index in [1.165, 1.54) is 84.4 Å². The summed E-state index contributed by atoms with van der Waals surface area (Å²) in [5.74, 6) is 0. The van der Waals surface area contributed by atoms with E-state index >= 15 is 0 Å². The van der Waals surface area contributed by atoms with E-state index in [2.05, 4.69) is 221 Å². The highest BCUT2D eigenvalue weighted by atomic mass is 15.3. The van der Waals surface area contributed by atoms with Crippen LogP contribution in [0.5, 0.6) is 0 Å². The molecule has 0 fully saturated rings. The summed E-state index contributed by atoms with van der Waals surface area (Å²) in [4.78, 5) is 7.35. The molecule has 55 heavy (non-hydrogen) atoms. The second-order valence-electron chi connectivity index (χ2n) is 17.5. The molecule has 270 valence electrons. The molecule has 0 bridgehead atoms. The number of anilines is 9. The predicted molar refractivity (Wildman–Crippen MR) is 232 cm³/mol. The fraction of sp³-hybridized carbons (Fsp3) is 0.192. The molecule has 1 aliphatic carbocycles. The molecule has 3 heteroatoms. The molecule has 0 amide bonds. The van der Waals surface area contributed by atoms with E-state index in [9.17, 15) is 0 Å². The minimum atomic E-state index is -0.208. The zero-order valence-corrected chi connectivity index (χ0v) is 32.9. The van der Waals surface area contributed by atoms with Gasteiger partial charge in [-0.15, -0.1) is 0 Å². The van der Waals surface area contributed by atoms with Crippen LogP contribution in [0.3, 0.4) is 0 Å². The average molecular weight is 714 g/mol. The topological polar surface area (TPSA) is 9.72 Å². The summed E-state index contributed by atoms with van der Waals surface area (Å²) in [6, 6.07) is 58.9. The molecule has 0 saturated heterocycles. The van der Waals surface area contributed by atoms with Crippen molar-refractivity contribution in [3.05, 3.63) is 186 Å². The van der Waals surface area contributed by atoms with Gasteiger partial charge >= 0.3 is 0 Å². The number of hydrogen-bond acceptors (Lipinski definition) is 3. The molecule has 0 saturated carbocycles. The summed E-state index contributed by atoms with van der Waals surface area (Å²) in [5.41, 5.74) is 19.9. The first-order valence-corrected chi connectivity index (χ1v) is 19.6. The Morgan fingerprint density at radius 1 is 0.345 bits per heavy atom. The Morgan fingerprint density at radius 3 is 1.09 bits per heavy atom. The highest BCUT2D eigenvalue weighted by Crippen LogP contribution is 2.58. The van der Waals surface area contributed by atoms with Crippen molar-refractivity contribution in [3.8, 4) is 11.1 Å². The Hall–Kier alpha value is -6.06. The molecule has 0 aromatic heterocycles. The minimum Gasteiger partial charge on any atom is -0.310 e. The maximum absolute atomic E-state index is 2.48. The number of benzene rings is 7. The number of nitrogens with zero attached hydrogens (tertiary/aromatic N) is 3. The van der Waals surface area contributed by atoms with Gasteiger partial charge in [0.2, 0.25) is 0 Å². The molecule has 7 aromatic rings. The van der Waals surface area contributed by atoms with Crippen LogP contribution < -0.4 is 14.7 Å². The van der Waals surface area contributed by atoms with E-state index in [1.807, 2.05) is 0 Å². The monoisotopic (exact) mass is 713 g/mol. The Kier molecular flexibility index (Phi) is 7.14. The summed E-state index contributed by atoms with van der Waals surface area (Å²) in [7, 11) is 0. The maximum atomic E-state index is 2.48. The average Bonchev–Trinajstić information content (AvgIpc) is 3.41. The Bertz CT molecular complexity index is 2560. The lowest BCUT2D eigenvalue weighted by Crippen LogP contribution is -2.30. The van der Waals surface area contributed by atoms with Crippen LogP contribution in [0.25, 0.3) is 11.1 Å². The van der Waals surface area contributed by atoms with Crippen molar-refractivity contribution >= 4 is 51.2 Å². The van der Waals surface area contributed by atoms with Gasteiger partial charge in [-0.25, -0.2) is 0 Å². The van der Waals surface area contributed by atoms with Crippen molar-refractivity contribution in [1.29, 1.82) is 0 Å². The fourth-order valence-electron chi connectivity index (χ4n) is 9.55. The van der Waals surface area contributed by atoms with Crippen molar-refractivity contribution in [2.75, 3.05) is 14.7 Å². The third kappa shape index (κ3) is 4.88. The molecule has 0 atom stereocenters. The zero-order chi connectivity index (χ0) is 37.9. The molecule has 3 nitrogen and oxygen atoms in total. The number of rotatable bonds is 3. The van der Waals surface area contributed by atoms with Crippen LogP contribution in [0.15, 0.2) is 158 Å². The van der Waals surface area contributed by atoms with Gasteiger partial charge in [0.1, 0.15) is 0 Å². The van der Waals surface area contributed by atoms with Crippen LogP contribution in [-0.2, 0) is 16.2 Å². The van der Waals surface area contributed by atoms with Gasteiger partial charge in [0.05, 0.1) is 34.1 Å². The number of hydrogen-bond donors (Lipinski definition) is 0. The standard InChI is InChI=1S/C52H47N3/c1-50(2,3)34-24-26-35(27-25-34)53-46-20-12-14-22-48(46)55(49-23-15-13-21-47(49)53)37-29-31-39-38-30-28-36(32-42(38)52(6,7)43(39)33-37)54-44-18-10-8-16-40(44)51(4,5)41-17-9-11-19-45(41)54/h8-33H,1-7H3. The summed E-state index contributed by atoms with van der Waals surface area (Å²) >= 11 is 0. The molecule has 0 spiro atoms. The summed E-state index contributed by atoms with van der Waals surface area (Å²) in [6.45, 7) is 16.3. The van der Waals surface area contributed by atoms with Crippen molar-refractivity contribution in [2.45, 2.75) is 64.7 Å². The second-order valence-corrected chi connectivity index (χ2v) is 17.5. The van der Waals surface area contributed by atoms with Crippen LogP contribution in [0.1, 0.15) is 76.3 Å². The van der Waals surface area contributed by atoms with E-state index in [1.54, 1.807) is 0 Å². The van der Waals surface area contributed by atoms with Crippen LogP contribution in [0, 0.1) is 0 Å². The van der Waals surface area contributed by atoms with Crippen molar-refractivity contribution in [1.82, 2.24) is 0 Å². The first kappa shape index (κ1) is 33.5. The molecule has 0 unspecified atom stereocenters. The summed E-state index contributed by atoms with van der Waals surface area (Å²) in [6.07, 6.45) is 0. The van der Waals surface area contributed by atoms with Gasteiger partial charge in [-0.1, -0.05) is 133 Å². The molecule has 7 aromatic carbocycles. The molecular formula is C52H47N3. The SMILES string of the molecule is CC(C)(C)c1ccc(N2c3ccccc3N(c3ccc4c(c3)C(C)(C)c3cc(N5c6ccccc6C(C)(C)c6ccccc65)ccc3-4)c3ccccc32)cc1. The quantitative estimate of drug-likeness (QED) is 0.180. The molecule has 2 aliphatic heterocycles. The highest BCUT2D eigenvalue weighted by Gasteiger charge is 2.40. The predicted octanol–water partition coefficient (Wildman–Crippen LogP) is 14.7. The molecule has 3 aliphatic rings. The van der Waals surface area contributed by atoms with Gasteiger partial charge < -0.3 is 14.7 Å². The second kappa shape index (κ2) is 11.7. The largest absolute Gasteiger partial charge is 0.310 e. The molecule has 2 heterocycles. The lowest BCUT2D eigenvalue weighted by molar-refractivity contribution is 0.590. The Labute approximate surface area is 326 Å². The maximum Gasteiger partial charge on any atom is 0.0703 e. The first-order chi connectivity index (χ1) is 26.4. The lowest BCUT2D eigenvalue weighted by Gasteiger charge is -2.42. The van der Waals surface area contributed by atoms with Crippen LogP contribution in [-0.4, -0.2) is 0 Å². The highest BCUT2D eigenvalue weighted by molar-refractivity contribution is 6.02. The molecule has 10 rings (SSSR count). The van der Waals surface area contributed by atoms with E-state index in [0.29, 0.717) is 0 Å². The summed E-state index contributed by atoms with van der Waals surface area (Å²) in [5, 5.41) is 0.